The Hall–Kier alpha value is -2.43. The Morgan fingerprint density at radius 1 is 1.00 bits per heavy atom. The maximum Gasteiger partial charge on any atom is 0.235 e. The molecule has 1 aromatic heterocycles. The molecule has 4 unspecified atom stereocenters. The molecule has 4 atom stereocenters. The number of aromatic nitrogens is 1. The molecule has 110 valence electrons. The third-order valence-electron chi connectivity index (χ3n) is 5.55. The van der Waals surface area contributed by atoms with E-state index in [0.29, 0.717) is 12.8 Å². The van der Waals surface area contributed by atoms with Crippen LogP contribution in [0.4, 0.5) is 0 Å². The van der Waals surface area contributed by atoms with Crippen LogP contribution < -0.4 is 5.32 Å². The van der Waals surface area contributed by atoms with Crippen molar-refractivity contribution in [1.82, 2.24) is 10.3 Å². The summed E-state index contributed by atoms with van der Waals surface area (Å²) < 4.78 is 0. The van der Waals surface area contributed by atoms with Gasteiger partial charge in [-0.1, -0.05) is 18.2 Å². The number of imide groups is 1. The highest BCUT2D eigenvalue weighted by Gasteiger charge is 2.57. The predicted octanol–water partition coefficient (Wildman–Crippen LogP) is 1.60. The highest BCUT2D eigenvalue weighted by molar-refractivity contribution is 6.11. The normalized spacial score (nSPS) is 32.8. The minimum absolute atomic E-state index is 0.0514. The molecule has 1 aliphatic heterocycles. The standard InChI is InChI=1S/C17H14N2O3/c20-10-6-5-8-11(10)15-12(7-3-1-2-4-9(7)18-15)14-13(8)16(21)19-17(14)22/h1-4,8,11,13-14,18H,5-6H2,(H,19,21,22). The maximum atomic E-state index is 12.4. The van der Waals surface area contributed by atoms with Gasteiger partial charge in [0.2, 0.25) is 11.8 Å². The van der Waals surface area contributed by atoms with Crippen LogP contribution in [0.1, 0.15) is 35.9 Å². The van der Waals surface area contributed by atoms with Crippen molar-refractivity contribution in [2.24, 2.45) is 11.8 Å². The molecule has 2 N–H and O–H groups in total. The first-order valence-electron chi connectivity index (χ1n) is 7.64. The molecule has 5 rings (SSSR count). The Balaban J connectivity index is 1.86. The molecule has 5 heteroatoms. The van der Waals surface area contributed by atoms with Crippen LogP contribution in [0.25, 0.3) is 10.9 Å². The lowest BCUT2D eigenvalue weighted by molar-refractivity contribution is -0.126. The molecule has 2 amide bonds. The zero-order chi connectivity index (χ0) is 15.0. The number of fused-ring (bicyclic) bond motifs is 8. The lowest BCUT2D eigenvalue weighted by atomic mass is 9.67. The molecule has 1 saturated carbocycles. The number of para-hydroxylation sites is 1. The first-order chi connectivity index (χ1) is 10.7. The number of nitrogens with one attached hydrogen (secondary N) is 2. The monoisotopic (exact) mass is 294 g/mol. The van der Waals surface area contributed by atoms with Crippen LogP contribution in [0, 0.1) is 11.8 Å². The number of H-pyrrole nitrogens is 1. The number of amides is 2. The van der Waals surface area contributed by atoms with Crippen LogP contribution in [-0.2, 0) is 14.4 Å². The summed E-state index contributed by atoms with van der Waals surface area (Å²) in [6.45, 7) is 0. The SMILES string of the molecule is O=C1CCC2C1c1[nH]c3ccccc3c1C1C(=O)NC(=O)C12. The van der Waals surface area contributed by atoms with E-state index in [1.807, 2.05) is 24.3 Å². The zero-order valence-corrected chi connectivity index (χ0v) is 11.8. The van der Waals surface area contributed by atoms with E-state index in [1.54, 1.807) is 0 Å². The van der Waals surface area contributed by atoms with Crippen LogP contribution in [0.3, 0.4) is 0 Å². The van der Waals surface area contributed by atoms with Gasteiger partial charge in [-0.3, -0.25) is 19.7 Å². The Bertz CT molecular complexity index is 866. The molecule has 2 aromatic rings. The van der Waals surface area contributed by atoms with Gasteiger partial charge in [-0.2, -0.15) is 0 Å². The van der Waals surface area contributed by atoms with Crippen molar-refractivity contribution in [1.29, 1.82) is 0 Å². The molecule has 2 aliphatic carbocycles. The van der Waals surface area contributed by atoms with Crippen LogP contribution in [0.5, 0.6) is 0 Å². The van der Waals surface area contributed by atoms with Crippen molar-refractivity contribution in [3.05, 3.63) is 35.5 Å². The van der Waals surface area contributed by atoms with E-state index < -0.39 is 11.8 Å². The smallest absolute Gasteiger partial charge is 0.235 e. The van der Waals surface area contributed by atoms with Crippen LogP contribution in [0.15, 0.2) is 24.3 Å². The number of aromatic amines is 1. The Morgan fingerprint density at radius 2 is 1.82 bits per heavy atom. The van der Waals surface area contributed by atoms with E-state index in [2.05, 4.69) is 10.3 Å². The number of benzene rings is 1. The Kier molecular flexibility index (Phi) is 2.13. The molecule has 0 radical (unpaired) electrons. The largest absolute Gasteiger partial charge is 0.358 e. The van der Waals surface area contributed by atoms with Gasteiger partial charge in [0.1, 0.15) is 5.78 Å². The van der Waals surface area contributed by atoms with Gasteiger partial charge in [0, 0.05) is 23.0 Å². The minimum atomic E-state index is -0.453. The first kappa shape index (κ1) is 12.1. The summed E-state index contributed by atoms with van der Waals surface area (Å²) in [4.78, 5) is 40.4. The molecule has 22 heavy (non-hydrogen) atoms. The Morgan fingerprint density at radius 3 is 2.68 bits per heavy atom. The van der Waals surface area contributed by atoms with Gasteiger partial charge in [0.25, 0.3) is 0 Å². The molecule has 3 aliphatic rings. The van der Waals surface area contributed by atoms with Crippen LogP contribution in [-0.4, -0.2) is 22.6 Å². The number of carbonyl (C=O) groups is 3. The van der Waals surface area contributed by atoms with Gasteiger partial charge >= 0.3 is 0 Å². The molecule has 0 bridgehead atoms. The predicted molar refractivity (Wildman–Crippen MR) is 78.2 cm³/mol. The summed E-state index contributed by atoms with van der Waals surface area (Å²) >= 11 is 0. The summed E-state index contributed by atoms with van der Waals surface area (Å²) in [5.74, 6) is -1.41. The third-order valence-corrected chi connectivity index (χ3v) is 5.55. The lowest BCUT2D eigenvalue weighted by Crippen LogP contribution is -2.34. The van der Waals surface area contributed by atoms with Gasteiger partial charge in [-0.25, -0.2) is 0 Å². The molecule has 1 aromatic carbocycles. The first-order valence-corrected chi connectivity index (χ1v) is 7.64. The highest BCUT2D eigenvalue weighted by atomic mass is 16.2. The molecule has 2 fully saturated rings. The lowest BCUT2D eigenvalue weighted by Gasteiger charge is -2.32. The third kappa shape index (κ3) is 1.27. The van der Waals surface area contributed by atoms with Gasteiger partial charge in [-0.15, -0.1) is 0 Å². The van der Waals surface area contributed by atoms with E-state index in [1.165, 1.54) is 0 Å². The average Bonchev–Trinajstić information content (AvgIpc) is 3.13. The van der Waals surface area contributed by atoms with Crippen molar-refractivity contribution in [2.75, 3.05) is 0 Å². The summed E-state index contributed by atoms with van der Waals surface area (Å²) in [6.07, 6.45) is 1.19. The van der Waals surface area contributed by atoms with E-state index in [-0.39, 0.29) is 29.4 Å². The van der Waals surface area contributed by atoms with E-state index in [0.717, 1.165) is 22.2 Å². The number of ketones is 1. The summed E-state index contributed by atoms with van der Waals surface area (Å²) in [6, 6.07) is 7.75. The fourth-order valence-corrected chi connectivity index (χ4v) is 4.75. The molecule has 2 heterocycles. The number of Topliss-reactive ketones (excluding diaryl/α,β-unsaturated/α-hetero) is 1. The number of rotatable bonds is 0. The van der Waals surface area contributed by atoms with Crippen molar-refractivity contribution in [3.8, 4) is 0 Å². The van der Waals surface area contributed by atoms with Crippen LogP contribution in [0.2, 0.25) is 0 Å². The molecular formula is C17H14N2O3. The number of hydrogen-bond acceptors (Lipinski definition) is 3. The maximum absolute atomic E-state index is 12.4. The van der Waals surface area contributed by atoms with E-state index in [4.69, 9.17) is 0 Å². The second-order valence-corrected chi connectivity index (χ2v) is 6.50. The fraction of sp³-hybridized carbons (Fsp3) is 0.353. The van der Waals surface area contributed by atoms with Crippen molar-refractivity contribution >= 4 is 28.5 Å². The zero-order valence-electron chi connectivity index (χ0n) is 11.8. The van der Waals surface area contributed by atoms with Crippen molar-refractivity contribution in [2.45, 2.75) is 24.7 Å². The number of carbonyl (C=O) groups excluding carboxylic acids is 3. The topological polar surface area (TPSA) is 79.0 Å². The van der Waals surface area contributed by atoms with Gasteiger partial charge in [-0.05, 0) is 24.0 Å². The molecule has 0 spiro atoms. The summed E-state index contributed by atoms with van der Waals surface area (Å²) in [5.41, 5.74) is 2.65. The highest BCUT2D eigenvalue weighted by Crippen LogP contribution is 2.55. The number of hydrogen-bond donors (Lipinski definition) is 2. The van der Waals surface area contributed by atoms with Gasteiger partial charge in [0.15, 0.2) is 0 Å². The molecule has 1 saturated heterocycles. The van der Waals surface area contributed by atoms with Gasteiger partial charge < -0.3 is 4.98 Å². The Labute approximate surface area is 126 Å². The second-order valence-electron chi connectivity index (χ2n) is 6.50. The second kappa shape index (κ2) is 3.85. The minimum Gasteiger partial charge on any atom is -0.358 e. The molecule has 5 nitrogen and oxygen atoms in total. The fourth-order valence-electron chi connectivity index (χ4n) is 4.75. The van der Waals surface area contributed by atoms with Gasteiger partial charge in [0.05, 0.1) is 17.8 Å². The van der Waals surface area contributed by atoms with Crippen LogP contribution >= 0.6 is 0 Å². The van der Waals surface area contributed by atoms with Crippen molar-refractivity contribution < 1.29 is 14.4 Å². The van der Waals surface area contributed by atoms with E-state index >= 15 is 0 Å². The van der Waals surface area contributed by atoms with Crippen molar-refractivity contribution in [3.63, 3.8) is 0 Å². The average molecular weight is 294 g/mol. The summed E-state index contributed by atoms with van der Waals surface area (Å²) in [5, 5.41) is 3.43. The molecular weight excluding hydrogens is 280 g/mol. The quantitative estimate of drug-likeness (QED) is 0.724. The van der Waals surface area contributed by atoms with E-state index in [9.17, 15) is 14.4 Å². The summed E-state index contributed by atoms with van der Waals surface area (Å²) in [7, 11) is 0.